The predicted molar refractivity (Wildman–Crippen MR) is 86.7 cm³/mol. The smallest absolute Gasteiger partial charge is 0.123 e. The van der Waals surface area contributed by atoms with E-state index in [1.54, 1.807) is 12.1 Å². The Hall–Kier alpha value is -2.23. The van der Waals surface area contributed by atoms with Crippen molar-refractivity contribution in [2.75, 3.05) is 0 Å². The summed E-state index contributed by atoms with van der Waals surface area (Å²) in [5.74, 6) is 0.182. The lowest BCUT2D eigenvalue weighted by Crippen LogP contribution is -2.29. The fourth-order valence-corrected chi connectivity index (χ4v) is 4.22. The molecule has 2 aliphatic carbocycles. The van der Waals surface area contributed by atoms with Crippen molar-refractivity contribution in [1.29, 1.82) is 0 Å². The number of hydrogen-bond acceptors (Lipinski definition) is 2. The van der Waals surface area contributed by atoms with Gasteiger partial charge in [0.1, 0.15) is 12.1 Å². The van der Waals surface area contributed by atoms with Gasteiger partial charge in [-0.2, -0.15) is 5.10 Å². The van der Waals surface area contributed by atoms with Gasteiger partial charge in [-0.15, -0.1) is 0 Å². The Morgan fingerprint density at radius 2 is 2.17 bits per heavy atom. The Bertz CT molecular complexity index is 790. The first kappa shape index (κ1) is 14.4. The number of benzene rings is 1. The third kappa shape index (κ3) is 2.16. The minimum absolute atomic E-state index is 0.0740. The van der Waals surface area contributed by atoms with E-state index < -0.39 is 0 Å². The largest absolute Gasteiger partial charge is 0.303 e. The molecule has 1 heterocycles. The molecular weight excluding hydrogens is 291 g/mol. The zero-order chi connectivity index (χ0) is 16.0. The van der Waals surface area contributed by atoms with Gasteiger partial charge in [0.2, 0.25) is 0 Å². The van der Waals surface area contributed by atoms with Crippen molar-refractivity contribution < 1.29 is 9.18 Å². The van der Waals surface area contributed by atoms with E-state index in [1.807, 2.05) is 10.9 Å². The molecule has 2 aliphatic rings. The molecule has 1 unspecified atom stereocenters. The molecule has 1 saturated carbocycles. The van der Waals surface area contributed by atoms with Gasteiger partial charge in [0.05, 0.1) is 17.6 Å². The highest BCUT2D eigenvalue weighted by Crippen LogP contribution is 2.53. The molecule has 1 aromatic carbocycles. The zero-order valence-corrected chi connectivity index (χ0v) is 13.1. The highest BCUT2D eigenvalue weighted by Gasteiger charge is 2.45. The van der Waals surface area contributed by atoms with Crippen LogP contribution >= 0.6 is 0 Å². The molecule has 0 N–H and O–H groups in total. The molecule has 0 saturated heterocycles. The van der Waals surface area contributed by atoms with Crippen molar-refractivity contribution in [2.24, 2.45) is 11.3 Å². The SMILES string of the molecule is CC12Cc3cnn(-c4ccc(F)cc4)c3C=C1CC[C@@H]2CC=O. The molecule has 4 heteroatoms. The van der Waals surface area contributed by atoms with Gasteiger partial charge in [-0.3, -0.25) is 0 Å². The Labute approximate surface area is 134 Å². The quantitative estimate of drug-likeness (QED) is 0.804. The van der Waals surface area contributed by atoms with Gasteiger partial charge in [0, 0.05) is 6.42 Å². The standard InChI is InChI=1S/C19H19FN2O/c1-19-11-13-12-21-22(17-6-4-16(20)5-7-17)18(13)10-15(19)3-2-14(19)8-9-23/h4-7,9-10,12,14H,2-3,8,11H2,1H3/t14-,19?/m1/s1. The van der Waals surface area contributed by atoms with Crippen LogP contribution in [0.1, 0.15) is 37.4 Å². The second-order valence-electron chi connectivity index (χ2n) is 6.85. The van der Waals surface area contributed by atoms with E-state index in [2.05, 4.69) is 18.1 Å². The second-order valence-corrected chi connectivity index (χ2v) is 6.85. The Morgan fingerprint density at radius 1 is 1.39 bits per heavy atom. The first-order valence-corrected chi connectivity index (χ1v) is 8.09. The number of aromatic nitrogens is 2. The van der Waals surface area contributed by atoms with Crippen LogP contribution in [0.3, 0.4) is 0 Å². The fourth-order valence-electron chi connectivity index (χ4n) is 4.22. The average molecular weight is 310 g/mol. The van der Waals surface area contributed by atoms with Gasteiger partial charge in [-0.1, -0.05) is 12.5 Å². The number of carbonyl (C=O) groups is 1. The van der Waals surface area contributed by atoms with E-state index in [-0.39, 0.29) is 11.2 Å². The van der Waals surface area contributed by atoms with Crippen LogP contribution in [0.2, 0.25) is 0 Å². The number of aldehydes is 1. The van der Waals surface area contributed by atoms with Crippen LogP contribution in [0, 0.1) is 17.2 Å². The maximum absolute atomic E-state index is 13.1. The van der Waals surface area contributed by atoms with Gasteiger partial charge in [0.25, 0.3) is 0 Å². The van der Waals surface area contributed by atoms with E-state index in [0.29, 0.717) is 12.3 Å². The van der Waals surface area contributed by atoms with Crippen molar-refractivity contribution in [3.8, 4) is 5.69 Å². The van der Waals surface area contributed by atoms with E-state index in [0.717, 1.165) is 36.9 Å². The Morgan fingerprint density at radius 3 is 2.91 bits per heavy atom. The monoisotopic (exact) mass is 310 g/mol. The third-order valence-electron chi connectivity index (χ3n) is 5.60. The molecule has 2 aromatic rings. The number of rotatable bonds is 3. The summed E-state index contributed by atoms with van der Waals surface area (Å²) < 4.78 is 15.0. The van der Waals surface area contributed by atoms with Crippen LogP contribution in [-0.4, -0.2) is 16.1 Å². The lowest BCUT2D eigenvalue weighted by Gasteiger charge is -2.35. The highest BCUT2D eigenvalue weighted by atomic mass is 19.1. The second kappa shape index (κ2) is 5.15. The average Bonchev–Trinajstić information content (AvgIpc) is 3.07. The Balaban J connectivity index is 1.76. The normalized spacial score (nSPS) is 25.7. The maximum Gasteiger partial charge on any atom is 0.123 e. The number of fused-ring (bicyclic) bond motifs is 2. The van der Waals surface area contributed by atoms with E-state index in [1.165, 1.54) is 23.3 Å². The van der Waals surface area contributed by atoms with Crippen molar-refractivity contribution in [2.45, 2.75) is 32.6 Å². The van der Waals surface area contributed by atoms with Crippen molar-refractivity contribution >= 4 is 12.4 Å². The third-order valence-corrected chi connectivity index (χ3v) is 5.60. The molecule has 0 spiro atoms. The molecule has 1 aromatic heterocycles. The van der Waals surface area contributed by atoms with Gasteiger partial charge >= 0.3 is 0 Å². The lowest BCUT2D eigenvalue weighted by molar-refractivity contribution is -0.109. The maximum atomic E-state index is 13.1. The highest BCUT2D eigenvalue weighted by molar-refractivity contribution is 5.62. The number of carbonyl (C=O) groups excluding carboxylic acids is 1. The summed E-state index contributed by atoms with van der Waals surface area (Å²) in [6.07, 6.45) is 8.88. The molecule has 4 rings (SSSR count). The van der Waals surface area contributed by atoms with Gasteiger partial charge in [-0.05, 0) is 66.5 Å². The lowest BCUT2D eigenvalue weighted by atomic mass is 9.69. The first-order chi connectivity index (χ1) is 11.1. The molecule has 1 fully saturated rings. The van der Waals surface area contributed by atoms with Crippen LogP contribution in [0.4, 0.5) is 4.39 Å². The van der Waals surface area contributed by atoms with Gasteiger partial charge < -0.3 is 4.79 Å². The molecule has 2 atom stereocenters. The number of nitrogens with zero attached hydrogens (tertiary/aromatic N) is 2. The van der Waals surface area contributed by atoms with E-state index in [9.17, 15) is 9.18 Å². The summed E-state index contributed by atoms with van der Waals surface area (Å²) in [4.78, 5) is 11.0. The topological polar surface area (TPSA) is 34.9 Å². The van der Waals surface area contributed by atoms with E-state index >= 15 is 0 Å². The number of allylic oxidation sites excluding steroid dienone is 1. The molecule has 0 bridgehead atoms. The molecular formula is C19H19FN2O. The van der Waals surface area contributed by atoms with Crippen molar-refractivity contribution in [1.82, 2.24) is 9.78 Å². The summed E-state index contributed by atoms with van der Waals surface area (Å²) in [7, 11) is 0. The Kier molecular flexibility index (Phi) is 3.22. The minimum atomic E-state index is -0.242. The van der Waals surface area contributed by atoms with Crippen molar-refractivity contribution in [3.05, 3.63) is 53.1 Å². The molecule has 0 amide bonds. The molecule has 23 heavy (non-hydrogen) atoms. The minimum Gasteiger partial charge on any atom is -0.303 e. The summed E-state index contributed by atoms with van der Waals surface area (Å²) in [6, 6.07) is 6.41. The fraction of sp³-hybridized carbons (Fsp3) is 0.368. The molecule has 0 aliphatic heterocycles. The van der Waals surface area contributed by atoms with Crippen LogP contribution in [0.25, 0.3) is 11.8 Å². The molecule has 0 radical (unpaired) electrons. The van der Waals surface area contributed by atoms with Crippen LogP contribution < -0.4 is 0 Å². The van der Waals surface area contributed by atoms with Gasteiger partial charge in [-0.25, -0.2) is 9.07 Å². The van der Waals surface area contributed by atoms with E-state index in [4.69, 9.17) is 0 Å². The van der Waals surface area contributed by atoms with Crippen molar-refractivity contribution in [3.63, 3.8) is 0 Å². The number of hydrogen-bond donors (Lipinski definition) is 0. The molecule has 118 valence electrons. The first-order valence-electron chi connectivity index (χ1n) is 8.09. The summed E-state index contributed by atoms with van der Waals surface area (Å²) in [6.45, 7) is 2.28. The summed E-state index contributed by atoms with van der Waals surface area (Å²) >= 11 is 0. The van der Waals surface area contributed by atoms with Crippen LogP contribution in [0.5, 0.6) is 0 Å². The summed E-state index contributed by atoms with van der Waals surface area (Å²) in [5.41, 5.74) is 4.66. The molecule has 3 nitrogen and oxygen atoms in total. The number of halogens is 1. The zero-order valence-electron chi connectivity index (χ0n) is 13.1. The van der Waals surface area contributed by atoms with Crippen LogP contribution in [-0.2, 0) is 11.2 Å². The van der Waals surface area contributed by atoms with Crippen LogP contribution in [0.15, 0.2) is 36.0 Å². The predicted octanol–water partition coefficient (Wildman–Crippen LogP) is 3.96. The van der Waals surface area contributed by atoms with Gasteiger partial charge in [0.15, 0.2) is 0 Å². The summed E-state index contributed by atoms with van der Waals surface area (Å²) in [5, 5.41) is 4.51.